The topological polar surface area (TPSA) is 15.7 Å². The van der Waals surface area contributed by atoms with Crippen molar-refractivity contribution in [2.45, 2.75) is 57.8 Å². The fourth-order valence-corrected chi connectivity index (χ4v) is 4.08. The Kier molecular flexibility index (Phi) is 7.93. The van der Waals surface area contributed by atoms with Crippen LogP contribution in [0.2, 0.25) is 0 Å². The summed E-state index contributed by atoms with van der Waals surface area (Å²) in [4.78, 5) is 4.89. The first-order valence-electron chi connectivity index (χ1n) is 10.8. The van der Waals surface area contributed by atoms with Crippen LogP contribution in [0.15, 0.2) is 54.6 Å². The van der Waals surface area contributed by atoms with E-state index in [2.05, 4.69) is 85.4 Å². The summed E-state index contributed by atoms with van der Waals surface area (Å²) in [5.41, 5.74) is 3.89. The van der Waals surface area contributed by atoms with Crippen LogP contribution in [-0.2, 0) is 11.3 Å². The first-order chi connectivity index (χ1) is 13.7. The zero-order chi connectivity index (χ0) is 19.8. The molecule has 1 heterocycles. The molecule has 0 radical (unpaired) electrons. The van der Waals surface area contributed by atoms with E-state index < -0.39 is 0 Å². The Morgan fingerprint density at radius 3 is 2.46 bits per heavy atom. The molecule has 1 unspecified atom stereocenters. The average molecular weight is 381 g/mol. The lowest BCUT2D eigenvalue weighted by Gasteiger charge is -2.36. The lowest BCUT2D eigenvalue weighted by Crippen LogP contribution is -2.42. The highest BCUT2D eigenvalue weighted by molar-refractivity contribution is 5.49. The molecule has 1 saturated heterocycles. The van der Waals surface area contributed by atoms with Gasteiger partial charge in [-0.2, -0.15) is 0 Å². The van der Waals surface area contributed by atoms with Gasteiger partial charge in [0, 0.05) is 24.8 Å². The summed E-state index contributed by atoms with van der Waals surface area (Å²) in [5, 5.41) is 0. The molecule has 1 atom stereocenters. The Hall–Kier alpha value is -1.84. The molecular weight excluding hydrogens is 344 g/mol. The van der Waals surface area contributed by atoms with E-state index in [9.17, 15) is 0 Å². The van der Waals surface area contributed by atoms with E-state index in [0.29, 0.717) is 12.6 Å². The number of anilines is 1. The van der Waals surface area contributed by atoms with Crippen molar-refractivity contribution in [2.75, 3.05) is 32.1 Å². The Morgan fingerprint density at radius 1 is 1.04 bits per heavy atom. The zero-order valence-electron chi connectivity index (χ0n) is 17.8. The molecule has 152 valence electrons. The molecule has 1 fully saturated rings. The van der Waals surface area contributed by atoms with Crippen molar-refractivity contribution >= 4 is 5.69 Å². The monoisotopic (exact) mass is 380 g/mol. The third kappa shape index (κ3) is 5.83. The maximum absolute atomic E-state index is 6.38. The quantitative estimate of drug-likeness (QED) is 0.558. The molecule has 0 bridgehead atoms. The fourth-order valence-electron chi connectivity index (χ4n) is 4.08. The number of hydrogen-bond acceptors (Lipinski definition) is 3. The van der Waals surface area contributed by atoms with Crippen LogP contribution in [0.4, 0.5) is 5.69 Å². The molecular formula is C25H36N2O. The van der Waals surface area contributed by atoms with Gasteiger partial charge >= 0.3 is 0 Å². The van der Waals surface area contributed by atoms with E-state index in [-0.39, 0.29) is 6.10 Å². The molecule has 28 heavy (non-hydrogen) atoms. The lowest BCUT2D eigenvalue weighted by atomic mass is 10.0. The number of piperidine rings is 1. The molecule has 0 N–H and O–H groups in total. The van der Waals surface area contributed by atoms with Crippen LogP contribution in [0.5, 0.6) is 0 Å². The van der Waals surface area contributed by atoms with Crippen molar-refractivity contribution in [1.82, 2.24) is 4.90 Å². The third-order valence-electron chi connectivity index (χ3n) is 5.91. The van der Waals surface area contributed by atoms with Gasteiger partial charge in [0.05, 0.1) is 12.7 Å². The number of rotatable bonds is 9. The average Bonchev–Trinajstić information content (AvgIpc) is 2.75. The van der Waals surface area contributed by atoms with Gasteiger partial charge in [0.15, 0.2) is 0 Å². The maximum atomic E-state index is 6.38. The first-order valence-corrected chi connectivity index (χ1v) is 10.8. The van der Waals surface area contributed by atoms with E-state index in [0.717, 1.165) is 19.5 Å². The maximum Gasteiger partial charge on any atom is 0.0829 e. The molecule has 0 aliphatic carbocycles. The fraction of sp³-hybridized carbons (Fsp3) is 0.520. The smallest absolute Gasteiger partial charge is 0.0829 e. The Balaban J connectivity index is 1.60. The molecule has 0 saturated carbocycles. The molecule has 1 aliphatic rings. The highest BCUT2D eigenvalue weighted by Gasteiger charge is 2.21. The van der Waals surface area contributed by atoms with Gasteiger partial charge in [-0.05, 0) is 56.6 Å². The highest BCUT2D eigenvalue weighted by atomic mass is 16.5. The minimum atomic E-state index is 0.181. The second-order valence-electron chi connectivity index (χ2n) is 8.20. The Bertz CT molecular complexity index is 693. The minimum absolute atomic E-state index is 0.181. The number of hydrogen-bond donors (Lipinski definition) is 0. The van der Waals surface area contributed by atoms with Crippen molar-refractivity contribution < 1.29 is 4.74 Å². The third-order valence-corrected chi connectivity index (χ3v) is 5.91. The summed E-state index contributed by atoms with van der Waals surface area (Å²) in [6.45, 7) is 5.18. The van der Waals surface area contributed by atoms with Gasteiger partial charge in [-0.15, -0.1) is 0 Å². The van der Waals surface area contributed by atoms with E-state index in [1.807, 2.05) is 0 Å². The number of benzene rings is 2. The van der Waals surface area contributed by atoms with E-state index in [1.165, 1.54) is 42.5 Å². The highest BCUT2D eigenvalue weighted by Crippen LogP contribution is 2.27. The molecule has 0 spiro atoms. The Morgan fingerprint density at radius 2 is 1.79 bits per heavy atom. The lowest BCUT2D eigenvalue weighted by molar-refractivity contribution is 0.0324. The van der Waals surface area contributed by atoms with Gasteiger partial charge in [-0.25, -0.2) is 0 Å². The van der Waals surface area contributed by atoms with Gasteiger partial charge in [-0.1, -0.05) is 62.2 Å². The second kappa shape index (κ2) is 10.6. The number of ether oxygens (including phenoxy) is 1. The minimum Gasteiger partial charge on any atom is -0.371 e. The van der Waals surface area contributed by atoms with Gasteiger partial charge in [0.1, 0.15) is 0 Å². The summed E-state index contributed by atoms with van der Waals surface area (Å²) in [5.74, 6) is 0. The summed E-state index contributed by atoms with van der Waals surface area (Å²) >= 11 is 0. The van der Waals surface area contributed by atoms with Crippen molar-refractivity contribution in [1.29, 1.82) is 0 Å². The summed E-state index contributed by atoms with van der Waals surface area (Å²) in [6.07, 6.45) is 6.13. The molecule has 0 amide bonds. The molecule has 3 rings (SSSR count). The van der Waals surface area contributed by atoms with Crippen LogP contribution >= 0.6 is 0 Å². The van der Waals surface area contributed by atoms with Crippen LogP contribution in [0, 0.1) is 0 Å². The molecule has 3 heteroatoms. The van der Waals surface area contributed by atoms with Crippen LogP contribution in [0.1, 0.15) is 56.3 Å². The van der Waals surface area contributed by atoms with Crippen LogP contribution in [-0.4, -0.2) is 38.1 Å². The van der Waals surface area contributed by atoms with Crippen molar-refractivity contribution in [3.63, 3.8) is 0 Å². The van der Waals surface area contributed by atoms with E-state index in [4.69, 9.17) is 4.74 Å². The van der Waals surface area contributed by atoms with Crippen molar-refractivity contribution in [2.24, 2.45) is 0 Å². The second-order valence-corrected chi connectivity index (χ2v) is 8.20. The van der Waals surface area contributed by atoms with Crippen LogP contribution in [0.25, 0.3) is 0 Å². The predicted molar refractivity (Wildman–Crippen MR) is 119 cm³/mol. The SMILES string of the molecule is CCCCC(OCc1cccc(N2CCC(N(C)C)CC2)c1)c1ccccc1. The van der Waals surface area contributed by atoms with E-state index >= 15 is 0 Å². The van der Waals surface area contributed by atoms with Crippen LogP contribution in [0.3, 0.4) is 0 Å². The molecule has 0 aromatic heterocycles. The standard InChI is InChI=1S/C25H36N2O/c1-4-5-14-25(22-11-7-6-8-12-22)28-20-21-10-9-13-24(19-21)27-17-15-23(16-18-27)26(2)3/h6-13,19,23,25H,4-5,14-18,20H2,1-3H3. The molecule has 3 nitrogen and oxygen atoms in total. The van der Waals surface area contributed by atoms with Gasteiger partial charge < -0.3 is 14.5 Å². The first kappa shape index (κ1) is 20.9. The van der Waals surface area contributed by atoms with E-state index in [1.54, 1.807) is 0 Å². The number of unbranched alkanes of at least 4 members (excludes halogenated alkanes) is 1. The van der Waals surface area contributed by atoms with Crippen molar-refractivity contribution in [3.8, 4) is 0 Å². The van der Waals surface area contributed by atoms with Gasteiger partial charge in [0.25, 0.3) is 0 Å². The molecule has 2 aromatic carbocycles. The zero-order valence-corrected chi connectivity index (χ0v) is 17.8. The molecule has 1 aliphatic heterocycles. The Labute approximate surface area is 171 Å². The van der Waals surface area contributed by atoms with Crippen LogP contribution < -0.4 is 4.90 Å². The van der Waals surface area contributed by atoms with Gasteiger partial charge in [0.2, 0.25) is 0 Å². The largest absolute Gasteiger partial charge is 0.371 e. The summed E-state index contributed by atoms with van der Waals surface area (Å²) in [6, 6.07) is 20.3. The number of nitrogens with zero attached hydrogens (tertiary/aromatic N) is 2. The van der Waals surface area contributed by atoms with Crippen molar-refractivity contribution in [3.05, 3.63) is 65.7 Å². The predicted octanol–water partition coefficient (Wildman–Crippen LogP) is 5.67. The summed E-state index contributed by atoms with van der Waals surface area (Å²) < 4.78 is 6.38. The molecule has 2 aromatic rings. The summed E-state index contributed by atoms with van der Waals surface area (Å²) in [7, 11) is 4.39. The normalized spacial score (nSPS) is 16.5. The van der Waals surface area contributed by atoms with Gasteiger partial charge in [-0.3, -0.25) is 0 Å².